The number of methoxy groups -OCH3 is 1. The summed E-state index contributed by atoms with van der Waals surface area (Å²) in [6.07, 6.45) is 7.41. The summed E-state index contributed by atoms with van der Waals surface area (Å²) in [5, 5.41) is 7.66. The monoisotopic (exact) mass is 478 g/mol. The topological polar surface area (TPSA) is 102 Å². The molecule has 1 N–H and O–H groups in total. The lowest BCUT2D eigenvalue weighted by Crippen LogP contribution is -2.43. The number of aromatic nitrogens is 4. The molecule has 182 valence electrons. The molecule has 3 heterocycles. The number of piperidine rings is 1. The van der Waals surface area contributed by atoms with Gasteiger partial charge in [0.2, 0.25) is 5.95 Å². The summed E-state index contributed by atoms with van der Waals surface area (Å²) in [4.78, 5) is 35.1. The molecule has 1 saturated heterocycles. The van der Waals surface area contributed by atoms with Gasteiger partial charge in [-0.1, -0.05) is 18.2 Å². The molecule has 1 aliphatic carbocycles. The summed E-state index contributed by atoms with van der Waals surface area (Å²) in [6, 6.07) is 7.29. The van der Waals surface area contributed by atoms with Crippen molar-refractivity contribution in [1.29, 1.82) is 0 Å². The van der Waals surface area contributed by atoms with Gasteiger partial charge in [-0.25, -0.2) is 19.2 Å². The maximum absolute atomic E-state index is 14.1. The second kappa shape index (κ2) is 9.09. The normalized spacial score (nSPS) is 17.2. The van der Waals surface area contributed by atoms with Gasteiger partial charge in [0.05, 0.1) is 36.3 Å². The molecule has 1 saturated carbocycles. The first-order chi connectivity index (χ1) is 16.9. The van der Waals surface area contributed by atoms with Gasteiger partial charge in [0.1, 0.15) is 0 Å². The molecule has 1 aromatic carbocycles. The van der Waals surface area contributed by atoms with Crippen LogP contribution in [0, 0.1) is 6.92 Å². The van der Waals surface area contributed by atoms with E-state index in [-0.39, 0.29) is 11.9 Å². The van der Waals surface area contributed by atoms with Crippen LogP contribution in [0.15, 0.2) is 42.9 Å². The molecule has 0 radical (unpaired) electrons. The summed E-state index contributed by atoms with van der Waals surface area (Å²) >= 11 is 0. The summed E-state index contributed by atoms with van der Waals surface area (Å²) in [5.74, 6) is -0.413. The Labute approximate surface area is 202 Å². The molecule has 2 aromatic heterocycles. The van der Waals surface area contributed by atoms with Crippen LogP contribution < -0.4 is 5.32 Å². The lowest BCUT2D eigenvalue weighted by Gasteiger charge is -2.32. The average Bonchev–Trinajstić information content (AvgIpc) is 3.47. The van der Waals surface area contributed by atoms with Gasteiger partial charge in [-0.2, -0.15) is 5.10 Å². The summed E-state index contributed by atoms with van der Waals surface area (Å²) < 4.78 is 20.9. The Morgan fingerprint density at radius 2 is 1.91 bits per heavy atom. The molecule has 0 unspecified atom stereocenters. The van der Waals surface area contributed by atoms with Crippen LogP contribution in [0.4, 0.5) is 16.0 Å². The van der Waals surface area contributed by atoms with Crippen molar-refractivity contribution in [2.75, 3.05) is 25.5 Å². The van der Waals surface area contributed by atoms with Crippen LogP contribution in [0.5, 0.6) is 0 Å². The molecule has 10 heteroatoms. The van der Waals surface area contributed by atoms with Crippen molar-refractivity contribution in [2.45, 2.75) is 44.3 Å². The maximum Gasteiger partial charge on any atom is 0.338 e. The van der Waals surface area contributed by atoms with Gasteiger partial charge in [0, 0.05) is 31.0 Å². The van der Waals surface area contributed by atoms with E-state index < -0.39 is 11.6 Å². The highest BCUT2D eigenvalue weighted by molar-refractivity contribution is 5.97. The number of alkyl halides is 1. The molecule has 3 aromatic rings. The Balaban J connectivity index is 1.28. The van der Waals surface area contributed by atoms with Crippen LogP contribution in [-0.2, 0) is 9.53 Å². The van der Waals surface area contributed by atoms with E-state index in [9.17, 15) is 14.0 Å². The van der Waals surface area contributed by atoms with Gasteiger partial charge in [-0.3, -0.25) is 9.48 Å². The molecule has 5 rings (SSSR count). The fraction of sp³-hybridized carbons (Fsp3) is 0.400. The van der Waals surface area contributed by atoms with Crippen LogP contribution in [0.25, 0.3) is 11.3 Å². The maximum atomic E-state index is 14.1. The highest BCUT2D eigenvalue weighted by Crippen LogP contribution is 2.42. The van der Waals surface area contributed by atoms with Crippen LogP contribution in [0.2, 0.25) is 0 Å². The zero-order valence-electron chi connectivity index (χ0n) is 19.7. The number of halogens is 1. The third-order valence-corrected chi connectivity index (χ3v) is 6.61. The number of hydrogen-bond acceptors (Lipinski definition) is 7. The first-order valence-electron chi connectivity index (χ1n) is 11.7. The number of benzene rings is 1. The third kappa shape index (κ3) is 4.60. The standard InChI is InChI=1S/C25H27FN6O3/c1-16-13-27-24(30-21(16)19-5-3-4-6-20(19)22(33)35-2)29-17-14-28-32(15-17)18-7-11-31(12-8-18)23(34)25(26)9-10-25/h3-6,13-15,18H,7-12H2,1-2H3,(H,27,29,30). The fourth-order valence-electron chi connectivity index (χ4n) is 4.42. The minimum Gasteiger partial charge on any atom is -0.465 e. The molecular formula is C25H27FN6O3. The van der Waals surface area contributed by atoms with Crippen molar-refractivity contribution in [3.8, 4) is 11.3 Å². The number of carbonyl (C=O) groups is 2. The molecule has 2 fully saturated rings. The quantitative estimate of drug-likeness (QED) is 0.537. The van der Waals surface area contributed by atoms with Crippen molar-refractivity contribution in [3.05, 3.63) is 54.0 Å². The van der Waals surface area contributed by atoms with Crippen molar-refractivity contribution in [1.82, 2.24) is 24.6 Å². The largest absolute Gasteiger partial charge is 0.465 e. The first kappa shape index (κ1) is 22.9. The fourth-order valence-corrected chi connectivity index (χ4v) is 4.42. The van der Waals surface area contributed by atoms with Crippen LogP contribution >= 0.6 is 0 Å². The number of aryl methyl sites for hydroxylation is 1. The molecule has 2 aliphatic rings. The van der Waals surface area contributed by atoms with Gasteiger partial charge in [0.25, 0.3) is 5.91 Å². The number of nitrogens with zero attached hydrogens (tertiary/aromatic N) is 5. The summed E-state index contributed by atoms with van der Waals surface area (Å²) in [7, 11) is 1.35. The average molecular weight is 479 g/mol. The van der Waals surface area contributed by atoms with E-state index in [0.717, 1.165) is 24.1 Å². The Morgan fingerprint density at radius 3 is 2.63 bits per heavy atom. The second-order valence-electron chi connectivity index (χ2n) is 9.09. The number of carbonyl (C=O) groups excluding carboxylic acids is 2. The number of ether oxygens (including phenoxy) is 1. The molecule has 0 bridgehead atoms. The zero-order valence-corrected chi connectivity index (χ0v) is 19.7. The Morgan fingerprint density at radius 1 is 1.17 bits per heavy atom. The van der Waals surface area contributed by atoms with Crippen molar-refractivity contribution in [3.63, 3.8) is 0 Å². The van der Waals surface area contributed by atoms with Crippen LogP contribution in [0.3, 0.4) is 0 Å². The Bertz CT molecular complexity index is 1260. The highest BCUT2D eigenvalue weighted by atomic mass is 19.1. The molecule has 9 nitrogen and oxygen atoms in total. The minimum atomic E-state index is -1.61. The highest BCUT2D eigenvalue weighted by Gasteiger charge is 2.53. The number of likely N-dealkylation sites (tertiary alicyclic amines) is 1. The van der Waals surface area contributed by atoms with Crippen LogP contribution in [0.1, 0.15) is 47.6 Å². The van der Waals surface area contributed by atoms with Gasteiger partial charge < -0.3 is 15.0 Å². The van der Waals surface area contributed by atoms with E-state index in [2.05, 4.69) is 20.4 Å². The lowest BCUT2D eigenvalue weighted by atomic mass is 10.0. The number of hydrogen-bond donors (Lipinski definition) is 1. The van der Waals surface area contributed by atoms with E-state index in [1.54, 1.807) is 29.4 Å². The lowest BCUT2D eigenvalue weighted by molar-refractivity contribution is -0.139. The number of esters is 1. The zero-order chi connectivity index (χ0) is 24.6. The predicted molar refractivity (Wildman–Crippen MR) is 127 cm³/mol. The SMILES string of the molecule is COC(=O)c1ccccc1-c1nc(Nc2cnn(C3CCN(C(=O)C4(F)CC4)CC3)c2)ncc1C. The number of anilines is 2. The van der Waals surface area contributed by atoms with Crippen molar-refractivity contribution >= 4 is 23.5 Å². The number of rotatable bonds is 6. The van der Waals surface area contributed by atoms with E-state index in [0.29, 0.717) is 48.7 Å². The molecule has 0 spiro atoms. The van der Waals surface area contributed by atoms with E-state index in [1.807, 2.05) is 29.9 Å². The predicted octanol–water partition coefficient (Wildman–Crippen LogP) is 3.84. The van der Waals surface area contributed by atoms with Gasteiger partial charge in [0.15, 0.2) is 5.67 Å². The smallest absolute Gasteiger partial charge is 0.338 e. The molecule has 0 atom stereocenters. The van der Waals surface area contributed by atoms with Crippen molar-refractivity contribution < 1.29 is 18.7 Å². The molecular weight excluding hydrogens is 451 g/mol. The number of nitrogens with one attached hydrogen (secondary N) is 1. The molecule has 1 aliphatic heterocycles. The Hall–Kier alpha value is -3.82. The van der Waals surface area contributed by atoms with Gasteiger partial charge in [-0.15, -0.1) is 0 Å². The minimum absolute atomic E-state index is 0.130. The van der Waals surface area contributed by atoms with E-state index in [1.165, 1.54) is 7.11 Å². The van der Waals surface area contributed by atoms with E-state index >= 15 is 0 Å². The van der Waals surface area contributed by atoms with Gasteiger partial charge >= 0.3 is 5.97 Å². The van der Waals surface area contributed by atoms with Crippen LogP contribution in [-0.4, -0.2) is 62.4 Å². The molecule has 1 amide bonds. The van der Waals surface area contributed by atoms with E-state index in [4.69, 9.17) is 4.74 Å². The Kier molecular flexibility index (Phi) is 5.96. The summed E-state index contributed by atoms with van der Waals surface area (Å²) in [5.41, 5.74) is 1.67. The second-order valence-corrected chi connectivity index (χ2v) is 9.09. The third-order valence-electron chi connectivity index (χ3n) is 6.61. The first-order valence-corrected chi connectivity index (χ1v) is 11.7. The molecule has 35 heavy (non-hydrogen) atoms. The van der Waals surface area contributed by atoms with Crippen molar-refractivity contribution in [2.24, 2.45) is 0 Å². The van der Waals surface area contributed by atoms with Gasteiger partial charge in [-0.05, 0) is 44.2 Å². The number of amides is 1. The summed E-state index contributed by atoms with van der Waals surface area (Å²) in [6.45, 7) is 2.94.